The van der Waals surface area contributed by atoms with Gasteiger partial charge in [0.05, 0.1) is 26.4 Å². The molecule has 0 atom stereocenters. The summed E-state index contributed by atoms with van der Waals surface area (Å²) in [6.07, 6.45) is 2.23. The van der Waals surface area contributed by atoms with E-state index in [9.17, 15) is 4.39 Å². The number of hydrogen-bond donors (Lipinski definition) is 2. The molecule has 0 aromatic heterocycles. The SMILES string of the molecule is CCCCOCCOCCNC(=NCc1ccccc1F)NCC. The second-order valence-corrected chi connectivity index (χ2v) is 5.29. The maximum absolute atomic E-state index is 13.6. The Bertz CT molecular complexity index is 469. The molecule has 0 aliphatic heterocycles. The van der Waals surface area contributed by atoms with E-state index >= 15 is 0 Å². The maximum atomic E-state index is 13.6. The normalized spacial score (nSPS) is 11.5. The van der Waals surface area contributed by atoms with E-state index in [-0.39, 0.29) is 5.82 Å². The molecule has 0 heterocycles. The molecular weight excluding hydrogens is 309 g/mol. The highest BCUT2D eigenvalue weighted by molar-refractivity contribution is 5.79. The molecule has 0 radical (unpaired) electrons. The molecule has 0 bridgehead atoms. The van der Waals surface area contributed by atoms with Gasteiger partial charge in [0.1, 0.15) is 5.82 Å². The van der Waals surface area contributed by atoms with Gasteiger partial charge in [-0.2, -0.15) is 0 Å². The van der Waals surface area contributed by atoms with E-state index in [4.69, 9.17) is 9.47 Å². The molecule has 0 saturated heterocycles. The van der Waals surface area contributed by atoms with Crippen molar-refractivity contribution in [3.63, 3.8) is 0 Å². The lowest BCUT2D eigenvalue weighted by molar-refractivity contribution is 0.0487. The Hall–Kier alpha value is -1.66. The minimum absolute atomic E-state index is 0.233. The van der Waals surface area contributed by atoms with Crippen molar-refractivity contribution >= 4 is 5.96 Å². The number of halogens is 1. The molecule has 0 aliphatic carbocycles. The lowest BCUT2D eigenvalue weighted by Gasteiger charge is -2.12. The summed E-state index contributed by atoms with van der Waals surface area (Å²) in [5.41, 5.74) is 0.579. The molecule has 1 aromatic carbocycles. The van der Waals surface area contributed by atoms with E-state index in [2.05, 4.69) is 22.5 Å². The molecule has 1 aromatic rings. The third kappa shape index (κ3) is 9.47. The van der Waals surface area contributed by atoms with Crippen molar-refractivity contribution in [1.29, 1.82) is 0 Å². The van der Waals surface area contributed by atoms with Gasteiger partial charge in [0.15, 0.2) is 5.96 Å². The Balaban J connectivity index is 2.21. The molecule has 6 heteroatoms. The Kier molecular flexibility index (Phi) is 11.7. The average Bonchev–Trinajstić information content (AvgIpc) is 2.59. The van der Waals surface area contributed by atoms with Crippen LogP contribution in [0.3, 0.4) is 0 Å². The van der Waals surface area contributed by atoms with Crippen molar-refractivity contribution in [2.45, 2.75) is 33.2 Å². The van der Waals surface area contributed by atoms with Gasteiger partial charge in [0.25, 0.3) is 0 Å². The number of hydrogen-bond acceptors (Lipinski definition) is 3. The average molecular weight is 339 g/mol. The van der Waals surface area contributed by atoms with Crippen LogP contribution in [0, 0.1) is 5.82 Å². The Morgan fingerprint density at radius 1 is 1.04 bits per heavy atom. The van der Waals surface area contributed by atoms with Crippen LogP contribution < -0.4 is 10.6 Å². The van der Waals surface area contributed by atoms with Crippen LogP contribution in [0.15, 0.2) is 29.3 Å². The van der Waals surface area contributed by atoms with Crippen LogP contribution in [0.5, 0.6) is 0 Å². The molecule has 2 N–H and O–H groups in total. The molecule has 1 rings (SSSR count). The smallest absolute Gasteiger partial charge is 0.191 e. The molecule has 5 nitrogen and oxygen atoms in total. The maximum Gasteiger partial charge on any atom is 0.191 e. The fourth-order valence-corrected chi connectivity index (χ4v) is 1.94. The van der Waals surface area contributed by atoms with Gasteiger partial charge in [-0.1, -0.05) is 31.5 Å². The van der Waals surface area contributed by atoms with Gasteiger partial charge in [-0.05, 0) is 19.4 Å². The van der Waals surface area contributed by atoms with E-state index in [0.717, 1.165) is 26.0 Å². The highest BCUT2D eigenvalue weighted by Gasteiger charge is 2.01. The summed E-state index contributed by atoms with van der Waals surface area (Å²) in [6, 6.07) is 6.67. The molecule has 24 heavy (non-hydrogen) atoms. The third-order valence-corrected chi connectivity index (χ3v) is 3.26. The van der Waals surface area contributed by atoms with E-state index in [1.54, 1.807) is 12.1 Å². The topological polar surface area (TPSA) is 54.9 Å². The number of guanidine groups is 1. The van der Waals surface area contributed by atoms with Crippen molar-refractivity contribution < 1.29 is 13.9 Å². The van der Waals surface area contributed by atoms with Crippen molar-refractivity contribution in [3.8, 4) is 0 Å². The zero-order chi connectivity index (χ0) is 17.5. The predicted molar refractivity (Wildman–Crippen MR) is 95.8 cm³/mol. The summed E-state index contributed by atoms with van der Waals surface area (Å²) in [7, 11) is 0. The summed E-state index contributed by atoms with van der Waals surface area (Å²) in [5, 5.41) is 6.31. The first-order valence-corrected chi connectivity index (χ1v) is 8.69. The quantitative estimate of drug-likeness (QED) is 0.349. The van der Waals surface area contributed by atoms with Crippen LogP contribution in [-0.4, -0.2) is 45.5 Å². The summed E-state index contributed by atoms with van der Waals surface area (Å²) < 4.78 is 24.5. The van der Waals surface area contributed by atoms with Crippen LogP contribution in [0.25, 0.3) is 0 Å². The summed E-state index contributed by atoms with van der Waals surface area (Å²) in [5.74, 6) is 0.423. The lowest BCUT2D eigenvalue weighted by atomic mass is 10.2. The fourth-order valence-electron chi connectivity index (χ4n) is 1.94. The first kappa shape index (κ1) is 20.4. The highest BCUT2D eigenvalue weighted by Crippen LogP contribution is 2.07. The van der Waals surface area contributed by atoms with Crippen molar-refractivity contribution in [2.75, 3.05) is 39.5 Å². The van der Waals surface area contributed by atoms with Crippen LogP contribution in [0.4, 0.5) is 4.39 Å². The zero-order valence-electron chi connectivity index (χ0n) is 14.8. The molecule has 0 aliphatic rings. The molecule has 0 spiro atoms. The van der Waals surface area contributed by atoms with Gasteiger partial charge in [0.2, 0.25) is 0 Å². The minimum atomic E-state index is -0.233. The van der Waals surface area contributed by atoms with E-state index in [0.29, 0.717) is 44.4 Å². The second-order valence-electron chi connectivity index (χ2n) is 5.29. The Morgan fingerprint density at radius 3 is 2.50 bits per heavy atom. The van der Waals surface area contributed by atoms with E-state index in [1.165, 1.54) is 6.07 Å². The number of rotatable bonds is 12. The second kappa shape index (κ2) is 13.7. The highest BCUT2D eigenvalue weighted by atomic mass is 19.1. The van der Waals surface area contributed by atoms with E-state index in [1.807, 2.05) is 13.0 Å². The summed E-state index contributed by atoms with van der Waals surface area (Å²) in [6.45, 7) is 8.40. The number of benzene rings is 1. The van der Waals surface area contributed by atoms with Crippen molar-refractivity contribution in [3.05, 3.63) is 35.6 Å². The Morgan fingerprint density at radius 2 is 1.79 bits per heavy atom. The number of unbranched alkanes of at least 4 members (excludes halogenated alkanes) is 1. The minimum Gasteiger partial charge on any atom is -0.379 e. The first-order valence-electron chi connectivity index (χ1n) is 8.69. The molecule has 0 amide bonds. The van der Waals surface area contributed by atoms with Gasteiger partial charge in [-0.25, -0.2) is 9.38 Å². The predicted octanol–water partition coefficient (Wildman–Crippen LogP) is 2.71. The molecule has 0 saturated carbocycles. The van der Waals surface area contributed by atoms with Crippen LogP contribution >= 0.6 is 0 Å². The van der Waals surface area contributed by atoms with Gasteiger partial charge >= 0.3 is 0 Å². The molecule has 0 unspecified atom stereocenters. The van der Waals surface area contributed by atoms with E-state index < -0.39 is 0 Å². The van der Waals surface area contributed by atoms with Gasteiger partial charge in [0, 0.05) is 25.3 Å². The lowest BCUT2D eigenvalue weighted by Crippen LogP contribution is -2.39. The zero-order valence-corrected chi connectivity index (χ0v) is 14.8. The van der Waals surface area contributed by atoms with Crippen LogP contribution in [0.2, 0.25) is 0 Å². The van der Waals surface area contributed by atoms with Crippen LogP contribution in [-0.2, 0) is 16.0 Å². The number of nitrogens with one attached hydrogen (secondary N) is 2. The van der Waals surface area contributed by atoms with Crippen molar-refractivity contribution in [2.24, 2.45) is 4.99 Å². The first-order chi connectivity index (χ1) is 11.8. The van der Waals surface area contributed by atoms with Gasteiger partial charge < -0.3 is 20.1 Å². The fraction of sp³-hybridized carbons (Fsp3) is 0.611. The molecule has 0 fully saturated rings. The monoisotopic (exact) mass is 339 g/mol. The largest absolute Gasteiger partial charge is 0.379 e. The van der Waals surface area contributed by atoms with Gasteiger partial charge in [-0.15, -0.1) is 0 Å². The third-order valence-electron chi connectivity index (χ3n) is 3.26. The molecule has 136 valence electrons. The summed E-state index contributed by atoms with van der Waals surface area (Å²) >= 11 is 0. The number of nitrogens with zero attached hydrogens (tertiary/aromatic N) is 1. The van der Waals surface area contributed by atoms with Gasteiger partial charge in [-0.3, -0.25) is 0 Å². The molecular formula is C18H30FN3O2. The number of ether oxygens (including phenoxy) is 2. The number of aliphatic imine (C=N–C) groups is 1. The standard InChI is InChI=1S/C18H30FN3O2/c1-3-5-11-23-13-14-24-12-10-21-18(20-4-2)22-15-16-8-6-7-9-17(16)19/h6-9H,3-5,10-15H2,1-2H3,(H2,20,21,22). The van der Waals surface area contributed by atoms with Crippen molar-refractivity contribution in [1.82, 2.24) is 10.6 Å². The Labute approximate surface area is 144 Å². The summed E-state index contributed by atoms with van der Waals surface area (Å²) in [4.78, 5) is 4.39. The van der Waals surface area contributed by atoms with Crippen LogP contribution in [0.1, 0.15) is 32.3 Å².